The summed E-state index contributed by atoms with van der Waals surface area (Å²) in [5.74, 6) is 1.35. The van der Waals surface area contributed by atoms with Gasteiger partial charge in [0.2, 0.25) is 11.8 Å². The highest BCUT2D eigenvalue weighted by Gasteiger charge is 2.37. The smallest absolute Gasteiger partial charge is 0.246 e. The Morgan fingerprint density at radius 2 is 1.83 bits per heavy atom. The molecule has 2 fully saturated rings. The van der Waals surface area contributed by atoms with Crippen molar-refractivity contribution in [2.24, 2.45) is 5.41 Å². The summed E-state index contributed by atoms with van der Waals surface area (Å²) < 4.78 is 0. The molecule has 2 aliphatic heterocycles. The summed E-state index contributed by atoms with van der Waals surface area (Å²) in [6.45, 7) is 11.2. The minimum absolute atomic E-state index is 0.0275. The Morgan fingerprint density at radius 1 is 1.22 bits per heavy atom. The van der Waals surface area contributed by atoms with Gasteiger partial charge >= 0.3 is 0 Å². The second kappa shape index (κ2) is 7.40. The summed E-state index contributed by atoms with van der Waals surface area (Å²) in [6.07, 6.45) is -0.371. The van der Waals surface area contributed by atoms with E-state index in [4.69, 9.17) is 0 Å². The third-order valence-corrected chi connectivity index (χ3v) is 5.70. The topological polar surface area (TPSA) is 64.1 Å². The predicted molar refractivity (Wildman–Crippen MR) is 92.1 cm³/mol. The average molecular weight is 343 g/mol. The van der Waals surface area contributed by atoms with Gasteiger partial charge in [-0.1, -0.05) is 20.8 Å². The maximum Gasteiger partial charge on any atom is 0.246 e. The fourth-order valence-corrected chi connectivity index (χ4v) is 4.05. The van der Waals surface area contributed by atoms with E-state index in [1.807, 2.05) is 25.7 Å². The maximum absolute atomic E-state index is 12.7. The van der Waals surface area contributed by atoms with Crippen molar-refractivity contribution in [3.8, 4) is 0 Å². The Balaban J connectivity index is 1.84. The monoisotopic (exact) mass is 343 g/mol. The van der Waals surface area contributed by atoms with Crippen molar-refractivity contribution in [1.29, 1.82) is 0 Å². The average Bonchev–Trinajstić information content (AvgIpc) is 2.96. The summed E-state index contributed by atoms with van der Waals surface area (Å²) in [4.78, 5) is 30.0. The number of piperazine rings is 1. The number of hydrogen-bond donors (Lipinski definition) is 1. The molecule has 2 rings (SSSR count). The zero-order valence-corrected chi connectivity index (χ0v) is 15.4. The molecule has 0 spiro atoms. The molecule has 0 aromatic rings. The van der Waals surface area contributed by atoms with E-state index in [0.29, 0.717) is 31.3 Å². The van der Waals surface area contributed by atoms with Gasteiger partial charge in [0.25, 0.3) is 0 Å². The SMILES string of the molecule is CC(=O)N1CSC[C@H]1C(=O)N1CCN(C[C@@H](O)C(C)(C)C)CC1. The van der Waals surface area contributed by atoms with Crippen LogP contribution in [0.3, 0.4) is 0 Å². The maximum atomic E-state index is 12.7. The number of β-amino-alcohol motifs (C(OH)–C–C–N with tert-alkyl or cyclic N) is 1. The number of carbonyl (C=O) groups excluding carboxylic acids is 2. The molecule has 2 heterocycles. The van der Waals surface area contributed by atoms with Crippen LogP contribution in [0.5, 0.6) is 0 Å². The fraction of sp³-hybridized carbons (Fsp3) is 0.875. The zero-order valence-electron chi connectivity index (χ0n) is 14.6. The van der Waals surface area contributed by atoms with Gasteiger partial charge in [0.15, 0.2) is 0 Å². The third-order valence-electron chi connectivity index (χ3n) is 4.69. The summed E-state index contributed by atoms with van der Waals surface area (Å²) >= 11 is 1.64. The Labute approximate surface area is 143 Å². The molecular formula is C16H29N3O3S. The van der Waals surface area contributed by atoms with Crippen LogP contribution >= 0.6 is 11.8 Å². The van der Waals surface area contributed by atoms with Crippen LogP contribution in [0, 0.1) is 5.41 Å². The molecule has 132 valence electrons. The van der Waals surface area contributed by atoms with Crippen molar-refractivity contribution in [3.05, 3.63) is 0 Å². The molecule has 1 N–H and O–H groups in total. The van der Waals surface area contributed by atoms with Gasteiger partial charge in [0, 0.05) is 45.4 Å². The van der Waals surface area contributed by atoms with Crippen LogP contribution in [0.1, 0.15) is 27.7 Å². The molecule has 2 saturated heterocycles. The summed E-state index contributed by atoms with van der Waals surface area (Å²) in [6, 6.07) is -0.302. The number of amides is 2. The Kier molecular flexibility index (Phi) is 5.97. The first-order valence-corrected chi connectivity index (χ1v) is 9.40. The number of hydrogen-bond acceptors (Lipinski definition) is 5. The fourth-order valence-electron chi connectivity index (χ4n) is 2.84. The molecule has 2 aliphatic rings. The number of carbonyl (C=O) groups is 2. The molecule has 0 aromatic heterocycles. The summed E-state index contributed by atoms with van der Waals surface area (Å²) in [7, 11) is 0. The van der Waals surface area contributed by atoms with Crippen molar-refractivity contribution in [3.63, 3.8) is 0 Å². The third kappa shape index (κ3) is 4.61. The van der Waals surface area contributed by atoms with Gasteiger partial charge in [0.1, 0.15) is 6.04 Å². The van der Waals surface area contributed by atoms with E-state index in [1.165, 1.54) is 6.92 Å². The molecule has 0 aromatic carbocycles. The Bertz CT molecular complexity index is 444. The van der Waals surface area contributed by atoms with Gasteiger partial charge < -0.3 is 14.9 Å². The van der Waals surface area contributed by atoms with Gasteiger partial charge in [-0.05, 0) is 5.41 Å². The van der Waals surface area contributed by atoms with Crippen LogP contribution in [-0.4, -0.2) is 88.1 Å². The van der Waals surface area contributed by atoms with E-state index in [9.17, 15) is 14.7 Å². The van der Waals surface area contributed by atoms with Crippen molar-refractivity contribution in [2.75, 3.05) is 44.4 Å². The lowest BCUT2D eigenvalue weighted by Gasteiger charge is -2.39. The highest BCUT2D eigenvalue weighted by Crippen LogP contribution is 2.24. The molecule has 0 aliphatic carbocycles. The van der Waals surface area contributed by atoms with Crippen molar-refractivity contribution in [2.45, 2.75) is 39.8 Å². The molecule has 0 bridgehead atoms. The van der Waals surface area contributed by atoms with Gasteiger partial charge in [-0.15, -0.1) is 11.8 Å². The number of nitrogens with zero attached hydrogens (tertiary/aromatic N) is 3. The molecule has 0 radical (unpaired) electrons. The summed E-state index contributed by atoms with van der Waals surface area (Å²) in [5.41, 5.74) is -0.129. The number of rotatable bonds is 3. The van der Waals surface area contributed by atoms with Gasteiger partial charge in [-0.2, -0.15) is 0 Å². The molecule has 23 heavy (non-hydrogen) atoms. The highest BCUT2D eigenvalue weighted by molar-refractivity contribution is 7.99. The van der Waals surface area contributed by atoms with E-state index in [0.717, 1.165) is 13.1 Å². The largest absolute Gasteiger partial charge is 0.391 e. The van der Waals surface area contributed by atoms with E-state index in [1.54, 1.807) is 16.7 Å². The number of aliphatic hydroxyl groups is 1. The lowest BCUT2D eigenvalue weighted by atomic mass is 9.89. The minimum Gasteiger partial charge on any atom is -0.391 e. The van der Waals surface area contributed by atoms with Gasteiger partial charge in [0.05, 0.1) is 12.0 Å². The van der Waals surface area contributed by atoms with E-state index in [2.05, 4.69) is 4.90 Å². The van der Waals surface area contributed by atoms with Crippen LogP contribution < -0.4 is 0 Å². The molecule has 0 unspecified atom stereocenters. The first-order chi connectivity index (χ1) is 10.7. The first kappa shape index (κ1) is 18.5. The van der Waals surface area contributed by atoms with Gasteiger partial charge in [-0.25, -0.2) is 0 Å². The second-order valence-corrected chi connectivity index (χ2v) is 8.51. The van der Waals surface area contributed by atoms with Crippen LogP contribution in [0.4, 0.5) is 0 Å². The Morgan fingerprint density at radius 3 is 2.35 bits per heavy atom. The van der Waals surface area contributed by atoms with Crippen LogP contribution in [0.15, 0.2) is 0 Å². The number of aliphatic hydroxyl groups excluding tert-OH is 1. The highest BCUT2D eigenvalue weighted by atomic mass is 32.2. The first-order valence-electron chi connectivity index (χ1n) is 8.24. The normalized spacial score (nSPS) is 24.8. The molecule has 2 amide bonds. The zero-order chi connectivity index (χ0) is 17.2. The van der Waals surface area contributed by atoms with Crippen molar-refractivity contribution < 1.29 is 14.7 Å². The molecule has 6 nitrogen and oxygen atoms in total. The van der Waals surface area contributed by atoms with E-state index < -0.39 is 0 Å². The van der Waals surface area contributed by atoms with Crippen molar-refractivity contribution >= 4 is 23.6 Å². The predicted octanol–water partition coefficient (Wildman–Crippen LogP) is 0.459. The van der Waals surface area contributed by atoms with E-state index >= 15 is 0 Å². The van der Waals surface area contributed by atoms with Gasteiger partial charge in [-0.3, -0.25) is 14.5 Å². The lowest BCUT2D eigenvalue weighted by molar-refractivity contribution is -0.143. The molecular weight excluding hydrogens is 314 g/mol. The van der Waals surface area contributed by atoms with E-state index in [-0.39, 0.29) is 29.4 Å². The van der Waals surface area contributed by atoms with Crippen LogP contribution in [0.2, 0.25) is 0 Å². The quantitative estimate of drug-likeness (QED) is 0.807. The van der Waals surface area contributed by atoms with Crippen LogP contribution in [0.25, 0.3) is 0 Å². The molecule has 2 atom stereocenters. The lowest BCUT2D eigenvalue weighted by Crippen LogP contribution is -2.56. The van der Waals surface area contributed by atoms with Crippen LogP contribution in [-0.2, 0) is 9.59 Å². The Hall–Kier alpha value is -0.790. The molecule has 7 heteroatoms. The summed E-state index contributed by atoms with van der Waals surface area (Å²) in [5, 5.41) is 10.2. The van der Waals surface area contributed by atoms with Crippen molar-refractivity contribution in [1.82, 2.24) is 14.7 Å². The minimum atomic E-state index is -0.371. The molecule has 0 saturated carbocycles. The second-order valence-electron chi connectivity index (χ2n) is 7.51. The number of thioether (sulfide) groups is 1. The standard InChI is InChI=1S/C16H29N3O3S/c1-12(20)19-11-23-10-13(19)15(22)18-7-5-17(6-8-18)9-14(21)16(2,3)4/h13-14,21H,5-11H2,1-4H3/t13-,14+/m0/s1.